The zero-order chi connectivity index (χ0) is 15.7. The van der Waals surface area contributed by atoms with E-state index in [2.05, 4.69) is 4.72 Å². The van der Waals surface area contributed by atoms with Crippen LogP contribution in [0.25, 0.3) is 0 Å². The molecule has 1 aromatic carbocycles. The maximum atomic E-state index is 12.5. The van der Waals surface area contributed by atoms with Crippen LogP contribution in [0, 0.1) is 12.8 Å². The fraction of sp³-hybridized carbons (Fsp3) is 0.562. The highest BCUT2D eigenvalue weighted by molar-refractivity contribution is 7.89. The van der Waals surface area contributed by atoms with Gasteiger partial charge in [0.1, 0.15) is 0 Å². The van der Waals surface area contributed by atoms with E-state index in [1.165, 1.54) is 0 Å². The van der Waals surface area contributed by atoms with Gasteiger partial charge in [-0.3, -0.25) is 4.79 Å². The molecule has 1 N–H and O–H groups in total. The average molecular weight is 322 g/mol. The van der Waals surface area contributed by atoms with Crippen molar-refractivity contribution in [2.24, 2.45) is 5.92 Å². The maximum absolute atomic E-state index is 12.5. The molecule has 0 aromatic heterocycles. The van der Waals surface area contributed by atoms with Crippen molar-refractivity contribution in [3.8, 4) is 0 Å². The van der Waals surface area contributed by atoms with Crippen molar-refractivity contribution in [2.75, 3.05) is 13.1 Å². The Morgan fingerprint density at radius 2 is 1.77 bits per heavy atom. The Bertz CT molecular complexity index is 660. The molecular weight excluding hydrogens is 300 g/mol. The Labute approximate surface area is 131 Å². The predicted molar refractivity (Wildman–Crippen MR) is 83.8 cm³/mol. The lowest BCUT2D eigenvalue weighted by molar-refractivity contribution is -0.133. The molecule has 1 saturated heterocycles. The molecule has 0 radical (unpaired) electrons. The Balaban J connectivity index is 1.60. The summed E-state index contributed by atoms with van der Waals surface area (Å²) in [5, 5.41) is 0. The maximum Gasteiger partial charge on any atom is 0.241 e. The lowest BCUT2D eigenvalue weighted by Gasteiger charge is -2.32. The summed E-state index contributed by atoms with van der Waals surface area (Å²) in [7, 11) is -3.49. The van der Waals surface area contributed by atoms with Crippen molar-refractivity contribution < 1.29 is 13.2 Å². The molecule has 0 spiro atoms. The molecule has 3 rings (SSSR count). The fourth-order valence-corrected chi connectivity index (χ4v) is 4.50. The van der Waals surface area contributed by atoms with Gasteiger partial charge in [-0.15, -0.1) is 0 Å². The van der Waals surface area contributed by atoms with E-state index in [0.717, 1.165) is 18.4 Å². The third kappa shape index (κ3) is 3.33. The van der Waals surface area contributed by atoms with Gasteiger partial charge in [-0.05, 0) is 44.2 Å². The van der Waals surface area contributed by atoms with E-state index in [-0.39, 0.29) is 17.9 Å². The van der Waals surface area contributed by atoms with Gasteiger partial charge in [0.25, 0.3) is 0 Å². The molecule has 22 heavy (non-hydrogen) atoms. The monoisotopic (exact) mass is 322 g/mol. The first-order chi connectivity index (χ1) is 10.5. The number of benzene rings is 1. The second-order valence-corrected chi connectivity index (χ2v) is 7.94. The van der Waals surface area contributed by atoms with Gasteiger partial charge >= 0.3 is 0 Å². The number of piperidine rings is 1. The Hall–Kier alpha value is -1.40. The van der Waals surface area contributed by atoms with E-state index in [1.54, 1.807) is 25.1 Å². The molecule has 0 bridgehead atoms. The van der Waals surface area contributed by atoms with E-state index >= 15 is 0 Å². The number of rotatable bonds is 4. The van der Waals surface area contributed by atoms with Gasteiger partial charge in [0, 0.05) is 25.0 Å². The van der Waals surface area contributed by atoms with Gasteiger partial charge in [0.05, 0.1) is 4.90 Å². The number of nitrogens with zero attached hydrogens (tertiary/aromatic N) is 1. The van der Waals surface area contributed by atoms with Crippen molar-refractivity contribution in [3.05, 3.63) is 29.8 Å². The van der Waals surface area contributed by atoms with Crippen LogP contribution in [0.3, 0.4) is 0 Å². The molecular formula is C16H22N2O3S. The first-order valence-electron chi connectivity index (χ1n) is 7.84. The van der Waals surface area contributed by atoms with Crippen LogP contribution >= 0.6 is 0 Å². The molecule has 2 fully saturated rings. The highest BCUT2D eigenvalue weighted by Crippen LogP contribution is 2.32. The molecule has 1 amide bonds. The SMILES string of the molecule is Cc1ccccc1S(=O)(=O)NC1CCN(C(=O)C2CC2)CC1. The standard InChI is InChI=1S/C16H22N2O3S/c1-12-4-2-3-5-15(12)22(20,21)17-14-8-10-18(11-9-14)16(19)13-6-7-13/h2-5,13-14,17H,6-11H2,1H3. The molecule has 2 aliphatic rings. The first kappa shape index (κ1) is 15.5. The number of hydrogen-bond donors (Lipinski definition) is 1. The summed E-state index contributed by atoms with van der Waals surface area (Å²) in [5.41, 5.74) is 0.747. The topological polar surface area (TPSA) is 66.5 Å². The number of sulfonamides is 1. The molecule has 0 atom stereocenters. The van der Waals surface area contributed by atoms with Crippen LogP contribution in [0.2, 0.25) is 0 Å². The summed E-state index contributed by atoms with van der Waals surface area (Å²) in [6.45, 7) is 3.10. The normalized spacial score (nSPS) is 20.1. The average Bonchev–Trinajstić information content (AvgIpc) is 3.32. The highest BCUT2D eigenvalue weighted by Gasteiger charge is 2.35. The zero-order valence-corrected chi connectivity index (χ0v) is 13.6. The lowest BCUT2D eigenvalue weighted by atomic mass is 10.1. The fourth-order valence-electron chi connectivity index (χ4n) is 2.95. The molecule has 120 valence electrons. The van der Waals surface area contributed by atoms with Crippen LogP contribution in [0.4, 0.5) is 0 Å². The van der Waals surface area contributed by atoms with Crippen LogP contribution < -0.4 is 4.72 Å². The van der Waals surface area contributed by atoms with Crippen molar-refractivity contribution in [1.82, 2.24) is 9.62 Å². The summed E-state index contributed by atoms with van der Waals surface area (Å²) >= 11 is 0. The van der Waals surface area contributed by atoms with Gasteiger partial charge < -0.3 is 4.90 Å². The molecule has 1 heterocycles. The predicted octanol–water partition coefficient (Wildman–Crippen LogP) is 1.67. The molecule has 1 aromatic rings. The van der Waals surface area contributed by atoms with Crippen LogP contribution in [-0.4, -0.2) is 38.4 Å². The summed E-state index contributed by atoms with van der Waals surface area (Å²) in [5.74, 6) is 0.487. The lowest BCUT2D eigenvalue weighted by Crippen LogP contribution is -2.47. The van der Waals surface area contributed by atoms with E-state index in [1.807, 2.05) is 11.0 Å². The van der Waals surface area contributed by atoms with Gasteiger partial charge in [0.15, 0.2) is 0 Å². The number of aryl methyl sites for hydroxylation is 1. The quantitative estimate of drug-likeness (QED) is 0.917. The summed E-state index contributed by atoms with van der Waals surface area (Å²) < 4.78 is 27.7. The van der Waals surface area contributed by atoms with E-state index < -0.39 is 10.0 Å². The molecule has 1 saturated carbocycles. The summed E-state index contributed by atoms with van der Waals surface area (Å²) in [4.78, 5) is 14.2. The van der Waals surface area contributed by atoms with Crippen LogP contribution in [0.15, 0.2) is 29.2 Å². The molecule has 5 nitrogen and oxygen atoms in total. The molecule has 1 aliphatic carbocycles. The van der Waals surface area contributed by atoms with E-state index in [4.69, 9.17) is 0 Å². The Morgan fingerprint density at radius 3 is 2.36 bits per heavy atom. The van der Waals surface area contributed by atoms with Crippen molar-refractivity contribution >= 4 is 15.9 Å². The highest BCUT2D eigenvalue weighted by atomic mass is 32.2. The van der Waals surface area contributed by atoms with Gasteiger partial charge in [-0.2, -0.15) is 0 Å². The minimum atomic E-state index is -3.49. The second-order valence-electron chi connectivity index (χ2n) is 6.26. The van der Waals surface area contributed by atoms with Crippen molar-refractivity contribution in [1.29, 1.82) is 0 Å². The molecule has 1 aliphatic heterocycles. The van der Waals surface area contributed by atoms with Crippen molar-refractivity contribution in [3.63, 3.8) is 0 Å². The largest absolute Gasteiger partial charge is 0.342 e. The number of carbonyl (C=O) groups is 1. The molecule has 6 heteroatoms. The minimum absolute atomic E-state index is 0.0899. The number of amides is 1. The summed E-state index contributed by atoms with van der Waals surface area (Å²) in [6.07, 6.45) is 3.39. The summed E-state index contributed by atoms with van der Waals surface area (Å²) in [6, 6.07) is 6.90. The smallest absolute Gasteiger partial charge is 0.241 e. The number of likely N-dealkylation sites (tertiary alicyclic amines) is 1. The van der Waals surface area contributed by atoms with Gasteiger partial charge in [0.2, 0.25) is 15.9 Å². The van der Waals surface area contributed by atoms with Gasteiger partial charge in [-0.25, -0.2) is 13.1 Å². The Kier molecular flexibility index (Phi) is 4.23. The first-order valence-corrected chi connectivity index (χ1v) is 9.32. The van der Waals surface area contributed by atoms with Gasteiger partial charge in [-0.1, -0.05) is 18.2 Å². The third-order valence-electron chi connectivity index (χ3n) is 4.44. The Morgan fingerprint density at radius 1 is 1.14 bits per heavy atom. The second kappa shape index (κ2) is 6.01. The molecule has 0 unspecified atom stereocenters. The number of carbonyl (C=O) groups excluding carboxylic acids is 1. The third-order valence-corrected chi connectivity index (χ3v) is 6.12. The number of hydrogen-bond acceptors (Lipinski definition) is 3. The van der Waals surface area contributed by atoms with E-state index in [9.17, 15) is 13.2 Å². The number of nitrogens with one attached hydrogen (secondary N) is 1. The van der Waals surface area contributed by atoms with Crippen molar-refractivity contribution in [2.45, 2.75) is 43.5 Å². The minimum Gasteiger partial charge on any atom is -0.342 e. The van der Waals surface area contributed by atoms with E-state index in [0.29, 0.717) is 30.8 Å². The van der Waals surface area contributed by atoms with Crippen LogP contribution in [-0.2, 0) is 14.8 Å². The van der Waals surface area contributed by atoms with Crippen LogP contribution in [0.5, 0.6) is 0 Å². The zero-order valence-electron chi connectivity index (χ0n) is 12.8. The van der Waals surface area contributed by atoms with Crippen LogP contribution in [0.1, 0.15) is 31.2 Å².